The van der Waals surface area contributed by atoms with Crippen LogP contribution in [0.2, 0.25) is 0 Å². The summed E-state index contributed by atoms with van der Waals surface area (Å²) in [5.41, 5.74) is 8.44. The van der Waals surface area contributed by atoms with E-state index >= 15 is 0 Å². The predicted octanol–water partition coefficient (Wildman–Crippen LogP) is 4.38. The molecule has 2 N–H and O–H groups in total. The Morgan fingerprint density at radius 3 is 2.32 bits per heavy atom. The van der Waals surface area contributed by atoms with Gasteiger partial charge in [0.2, 0.25) is 0 Å². The van der Waals surface area contributed by atoms with Gasteiger partial charge in [-0.3, -0.25) is 0 Å². The lowest BCUT2D eigenvalue weighted by Crippen LogP contribution is -2.07. The second-order valence-electron chi connectivity index (χ2n) is 5.01. The zero-order valence-electron chi connectivity index (χ0n) is 11.6. The van der Waals surface area contributed by atoms with E-state index in [2.05, 4.69) is 43.1 Å². The van der Waals surface area contributed by atoms with Crippen molar-refractivity contribution in [1.29, 1.82) is 0 Å². The summed E-state index contributed by atoms with van der Waals surface area (Å²) in [6.45, 7) is 6.40. The molecular weight excluding hydrogens is 252 g/mol. The van der Waals surface area contributed by atoms with Crippen molar-refractivity contribution >= 4 is 11.8 Å². The Morgan fingerprint density at radius 1 is 1.05 bits per heavy atom. The monoisotopic (exact) mass is 272 g/mol. The first-order valence-corrected chi connectivity index (χ1v) is 7.38. The number of nitrogens with two attached hydrogens (primary N) is 1. The van der Waals surface area contributed by atoms with Gasteiger partial charge < -0.3 is 5.73 Å². The molecule has 2 nitrogen and oxygen atoms in total. The van der Waals surface area contributed by atoms with Crippen molar-refractivity contribution in [2.24, 2.45) is 5.73 Å². The lowest BCUT2D eigenvalue weighted by atomic mass is 10.0. The SMILES string of the molecule is CC(C)c1ccc(Sc2ncccc2[C@@H](C)N)cc1. The zero-order chi connectivity index (χ0) is 13.8. The fourth-order valence-corrected chi connectivity index (χ4v) is 2.85. The lowest BCUT2D eigenvalue weighted by Gasteiger charge is -2.11. The quantitative estimate of drug-likeness (QED) is 0.898. The Hall–Kier alpha value is -1.32. The van der Waals surface area contributed by atoms with Crippen LogP contribution in [0.25, 0.3) is 0 Å². The molecule has 0 fully saturated rings. The molecule has 2 rings (SSSR count). The Labute approximate surface area is 119 Å². The van der Waals surface area contributed by atoms with E-state index in [0.29, 0.717) is 5.92 Å². The molecule has 0 unspecified atom stereocenters. The fraction of sp³-hybridized carbons (Fsp3) is 0.312. The van der Waals surface area contributed by atoms with Gasteiger partial charge in [0.15, 0.2) is 0 Å². The van der Waals surface area contributed by atoms with E-state index in [-0.39, 0.29) is 6.04 Å². The second kappa shape index (κ2) is 6.22. The fourth-order valence-electron chi connectivity index (χ4n) is 1.87. The van der Waals surface area contributed by atoms with E-state index < -0.39 is 0 Å². The van der Waals surface area contributed by atoms with Gasteiger partial charge in [0.05, 0.1) is 0 Å². The van der Waals surface area contributed by atoms with Crippen LogP contribution in [-0.4, -0.2) is 4.98 Å². The summed E-state index contributed by atoms with van der Waals surface area (Å²) in [5, 5.41) is 0.995. The number of benzene rings is 1. The van der Waals surface area contributed by atoms with Crippen molar-refractivity contribution in [3.8, 4) is 0 Å². The van der Waals surface area contributed by atoms with Crippen molar-refractivity contribution in [2.75, 3.05) is 0 Å². The average molecular weight is 272 g/mol. The van der Waals surface area contributed by atoms with E-state index in [9.17, 15) is 0 Å². The Balaban J connectivity index is 2.21. The van der Waals surface area contributed by atoms with Gasteiger partial charge in [-0.2, -0.15) is 0 Å². The molecule has 1 aromatic carbocycles. The van der Waals surface area contributed by atoms with Gasteiger partial charge in [-0.05, 0) is 36.6 Å². The first-order valence-electron chi connectivity index (χ1n) is 6.56. The van der Waals surface area contributed by atoms with E-state index in [1.807, 2.05) is 25.3 Å². The largest absolute Gasteiger partial charge is 0.324 e. The highest BCUT2D eigenvalue weighted by molar-refractivity contribution is 7.99. The van der Waals surface area contributed by atoms with E-state index in [4.69, 9.17) is 5.73 Å². The second-order valence-corrected chi connectivity index (χ2v) is 6.07. The Bertz CT molecular complexity index is 533. The van der Waals surface area contributed by atoms with Crippen LogP contribution >= 0.6 is 11.8 Å². The van der Waals surface area contributed by atoms with Crippen molar-refractivity contribution in [3.05, 3.63) is 53.7 Å². The summed E-state index contributed by atoms with van der Waals surface area (Å²) in [6, 6.07) is 12.7. The molecule has 0 saturated carbocycles. The summed E-state index contributed by atoms with van der Waals surface area (Å²) in [6.07, 6.45) is 1.82. The van der Waals surface area contributed by atoms with Gasteiger partial charge in [-0.15, -0.1) is 0 Å². The molecule has 3 heteroatoms. The summed E-state index contributed by atoms with van der Waals surface area (Å²) in [5.74, 6) is 0.563. The first kappa shape index (κ1) is 14.1. The topological polar surface area (TPSA) is 38.9 Å². The van der Waals surface area contributed by atoms with Crippen LogP contribution < -0.4 is 5.73 Å². The number of hydrogen-bond acceptors (Lipinski definition) is 3. The van der Waals surface area contributed by atoms with E-state index in [1.54, 1.807) is 11.8 Å². The van der Waals surface area contributed by atoms with Crippen molar-refractivity contribution < 1.29 is 0 Å². The third-order valence-electron chi connectivity index (χ3n) is 3.05. The van der Waals surface area contributed by atoms with Crippen molar-refractivity contribution in [3.63, 3.8) is 0 Å². The molecule has 0 aliphatic heterocycles. The molecule has 2 aromatic rings. The van der Waals surface area contributed by atoms with Crippen LogP contribution in [0.3, 0.4) is 0 Å². The molecule has 100 valence electrons. The van der Waals surface area contributed by atoms with Crippen LogP contribution in [0.4, 0.5) is 0 Å². The average Bonchev–Trinajstić information content (AvgIpc) is 2.39. The number of nitrogens with zero attached hydrogens (tertiary/aromatic N) is 1. The van der Waals surface area contributed by atoms with Gasteiger partial charge >= 0.3 is 0 Å². The molecule has 0 radical (unpaired) electrons. The number of pyridine rings is 1. The summed E-state index contributed by atoms with van der Waals surface area (Å²) in [7, 11) is 0. The van der Waals surface area contributed by atoms with Crippen LogP contribution in [0.5, 0.6) is 0 Å². The van der Waals surface area contributed by atoms with Crippen LogP contribution in [0.1, 0.15) is 43.9 Å². The standard InChI is InChI=1S/C16H20N2S/c1-11(2)13-6-8-14(9-7-13)19-16-15(12(3)17)5-4-10-18-16/h4-12H,17H2,1-3H3/t12-/m1/s1. The minimum Gasteiger partial charge on any atom is -0.324 e. The third-order valence-corrected chi connectivity index (χ3v) is 4.09. The summed E-state index contributed by atoms with van der Waals surface area (Å²) >= 11 is 1.67. The molecule has 0 saturated heterocycles. The Morgan fingerprint density at radius 2 is 1.74 bits per heavy atom. The normalized spacial score (nSPS) is 12.7. The maximum Gasteiger partial charge on any atom is 0.105 e. The molecule has 19 heavy (non-hydrogen) atoms. The number of rotatable bonds is 4. The molecule has 0 aliphatic carbocycles. The van der Waals surface area contributed by atoms with Crippen LogP contribution in [-0.2, 0) is 0 Å². The van der Waals surface area contributed by atoms with Gasteiger partial charge in [-0.1, -0.05) is 43.8 Å². The molecule has 0 spiro atoms. The van der Waals surface area contributed by atoms with Crippen LogP contribution in [0, 0.1) is 0 Å². The van der Waals surface area contributed by atoms with Gasteiger partial charge in [0.25, 0.3) is 0 Å². The highest BCUT2D eigenvalue weighted by atomic mass is 32.2. The summed E-state index contributed by atoms with van der Waals surface area (Å²) in [4.78, 5) is 5.63. The lowest BCUT2D eigenvalue weighted by molar-refractivity contribution is 0.779. The molecule has 1 heterocycles. The molecule has 0 bridgehead atoms. The number of aromatic nitrogens is 1. The van der Waals surface area contributed by atoms with E-state index in [0.717, 1.165) is 10.6 Å². The van der Waals surface area contributed by atoms with Crippen molar-refractivity contribution in [2.45, 2.75) is 42.7 Å². The van der Waals surface area contributed by atoms with Crippen LogP contribution in [0.15, 0.2) is 52.5 Å². The maximum atomic E-state index is 5.98. The molecule has 0 amide bonds. The minimum absolute atomic E-state index is 0.00568. The highest BCUT2D eigenvalue weighted by Crippen LogP contribution is 2.31. The molecule has 1 aromatic heterocycles. The smallest absolute Gasteiger partial charge is 0.105 e. The van der Waals surface area contributed by atoms with Gasteiger partial charge in [0, 0.05) is 22.7 Å². The van der Waals surface area contributed by atoms with Crippen molar-refractivity contribution in [1.82, 2.24) is 4.98 Å². The van der Waals surface area contributed by atoms with Gasteiger partial charge in [0.1, 0.15) is 5.03 Å². The first-order chi connectivity index (χ1) is 9.08. The van der Waals surface area contributed by atoms with E-state index in [1.165, 1.54) is 10.5 Å². The minimum atomic E-state index is 0.00568. The predicted molar refractivity (Wildman–Crippen MR) is 81.5 cm³/mol. The molecule has 1 atom stereocenters. The third kappa shape index (κ3) is 3.58. The number of hydrogen-bond donors (Lipinski definition) is 1. The zero-order valence-corrected chi connectivity index (χ0v) is 12.4. The van der Waals surface area contributed by atoms with Gasteiger partial charge in [-0.25, -0.2) is 4.98 Å². The maximum absolute atomic E-state index is 5.98. The Kier molecular flexibility index (Phi) is 4.61. The highest BCUT2D eigenvalue weighted by Gasteiger charge is 2.09. The molecular formula is C16H20N2S. The summed E-state index contributed by atoms with van der Waals surface area (Å²) < 4.78 is 0. The molecule has 0 aliphatic rings.